The molecular weight excluding hydrogens is 330 g/mol. The molecule has 22 heavy (non-hydrogen) atoms. The van der Waals surface area contributed by atoms with Gasteiger partial charge in [-0.15, -0.1) is 0 Å². The molecule has 0 amide bonds. The molecule has 126 valence electrons. The topological polar surface area (TPSA) is 73.9 Å². The van der Waals surface area contributed by atoms with Crippen LogP contribution in [0, 0.1) is 0 Å². The predicted molar refractivity (Wildman–Crippen MR) is 84.9 cm³/mol. The van der Waals surface area contributed by atoms with E-state index in [0.717, 1.165) is 0 Å². The SMILES string of the molecule is COCO[C@H](c1ccccc1Cl)[C@@H](C)OS(=O)(=O)NC(C)C. The van der Waals surface area contributed by atoms with Crippen LogP contribution in [-0.2, 0) is 24.0 Å². The summed E-state index contributed by atoms with van der Waals surface area (Å²) < 4.78 is 41.7. The van der Waals surface area contributed by atoms with Crippen LogP contribution in [0.2, 0.25) is 5.02 Å². The summed E-state index contributed by atoms with van der Waals surface area (Å²) >= 11 is 6.16. The molecule has 6 nitrogen and oxygen atoms in total. The lowest BCUT2D eigenvalue weighted by atomic mass is 10.1. The Bertz CT molecular complexity index is 564. The Kier molecular flexibility index (Phi) is 7.75. The number of nitrogens with one attached hydrogen (secondary N) is 1. The molecule has 1 rings (SSSR count). The first kappa shape index (κ1) is 19.3. The van der Waals surface area contributed by atoms with E-state index in [4.69, 9.17) is 25.3 Å². The van der Waals surface area contributed by atoms with E-state index in [-0.39, 0.29) is 12.8 Å². The highest BCUT2D eigenvalue weighted by Crippen LogP contribution is 2.30. The predicted octanol–water partition coefficient (Wildman–Crippen LogP) is 2.65. The number of hydrogen-bond donors (Lipinski definition) is 1. The van der Waals surface area contributed by atoms with Crippen molar-refractivity contribution in [3.8, 4) is 0 Å². The minimum absolute atomic E-state index is 0.0127. The van der Waals surface area contributed by atoms with Crippen molar-refractivity contribution in [2.75, 3.05) is 13.9 Å². The first-order chi connectivity index (χ1) is 10.3. The zero-order valence-electron chi connectivity index (χ0n) is 13.1. The van der Waals surface area contributed by atoms with Gasteiger partial charge in [0.25, 0.3) is 0 Å². The number of benzene rings is 1. The average Bonchev–Trinajstić information content (AvgIpc) is 2.38. The molecule has 0 bridgehead atoms. The molecule has 1 N–H and O–H groups in total. The van der Waals surface area contributed by atoms with Gasteiger partial charge in [-0.3, -0.25) is 4.18 Å². The van der Waals surface area contributed by atoms with E-state index >= 15 is 0 Å². The standard InChI is InChI=1S/C14H22ClNO5S/c1-10(2)16-22(17,18)21-11(3)14(20-9-19-4)12-7-5-6-8-13(12)15/h5-8,10-11,14,16H,9H2,1-4H3/t11-,14+/m1/s1. The third-order valence-electron chi connectivity index (χ3n) is 2.66. The second kappa shape index (κ2) is 8.81. The molecule has 2 atom stereocenters. The van der Waals surface area contributed by atoms with Crippen LogP contribution in [0.15, 0.2) is 24.3 Å². The van der Waals surface area contributed by atoms with Crippen molar-refractivity contribution in [1.29, 1.82) is 0 Å². The van der Waals surface area contributed by atoms with Crippen LogP contribution < -0.4 is 4.72 Å². The van der Waals surface area contributed by atoms with Crippen LogP contribution >= 0.6 is 11.6 Å². The molecule has 0 saturated carbocycles. The monoisotopic (exact) mass is 351 g/mol. The van der Waals surface area contributed by atoms with Gasteiger partial charge >= 0.3 is 10.3 Å². The van der Waals surface area contributed by atoms with Crippen LogP contribution in [0.5, 0.6) is 0 Å². The Morgan fingerprint density at radius 2 is 1.86 bits per heavy atom. The van der Waals surface area contributed by atoms with Crippen LogP contribution in [0.25, 0.3) is 0 Å². The van der Waals surface area contributed by atoms with Crippen molar-refractivity contribution in [2.45, 2.75) is 39.0 Å². The maximum Gasteiger partial charge on any atom is 0.336 e. The van der Waals surface area contributed by atoms with Gasteiger partial charge in [0.2, 0.25) is 0 Å². The Labute approximate surface area is 137 Å². The van der Waals surface area contributed by atoms with Gasteiger partial charge in [0, 0.05) is 23.7 Å². The summed E-state index contributed by atoms with van der Waals surface area (Å²) in [5, 5.41) is 0.466. The normalized spacial score (nSPS) is 15.0. The van der Waals surface area contributed by atoms with E-state index in [9.17, 15) is 8.42 Å². The molecule has 0 unspecified atom stereocenters. The molecule has 1 aromatic rings. The highest BCUT2D eigenvalue weighted by molar-refractivity contribution is 7.84. The summed E-state index contributed by atoms with van der Waals surface area (Å²) in [7, 11) is -2.41. The molecule has 0 spiro atoms. The van der Waals surface area contributed by atoms with E-state index in [1.807, 2.05) is 0 Å². The van der Waals surface area contributed by atoms with E-state index in [1.54, 1.807) is 45.0 Å². The Morgan fingerprint density at radius 1 is 1.23 bits per heavy atom. The Balaban J connectivity index is 2.95. The Hall–Kier alpha value is -0.700. The number of rotatable bonds is 9. The summed E-state index contributed by atoms with van der Waals surface area (Å²) in [4.78, 5) is 0. The van der Waals surface area contributed by atoms with Crippen molar-refractivity contribution in [3.05, 3.63) is 34.9 Å². The van der Waals surface area contributed by atoms with Crippen LogP contribution in [0.1, 0.15) is 32.4 Å². The van der Waals surface area contributed by atoms with Gasteiger partial charge in [0.15, 0.2) is 0 Å². The molecule has 8 heteroatoms. The fourth-order valence-electron chi connectivity index (χ4n) is 1.89. The van der Waals surface area contributed by atoms with Gasteiger partial charge in [-0.1, -0.05) is 29.8 Å². The van der Waals surface area contributed by atoms with Crippen molar-refractivity contribution < 1.29 is 22.1 Å². The lowest BCUT2D eigenvalue weighted by Gasteiger charge is -2.25. The number of ether oxygens (including phenoxy) is 2. The molecule has 0 fully saturated rings. The molecule has 0 aliphatic carbocycles. The van der Waals surface area contributed by atoms with Crippen LogP contribution in [-0.4, -0.2) is 34.5 Å². The van der Waals surface area contributed by atoms with Gasteiger partial charge in [-0.25, -0.2) is 0 Å². The van der Waals surface area contributed by atoms with Crippen molar-refractivity contribution in [1.82, 2.24) is 4.72 Å². The van der Waals surface area contributed by atoms with Crippen LogP contribution in [0.3, 0.4) is 0 Å². The number of methoxy groups -OCH3 is 1. The summed E-state index contributed by atoms with van der Waals surface area (Å²) in [6.45, 7) is 5.00. The third kappa shape index (κ3) is 6.20. The molecule has 0 saturated heterocycles. The third-order valence-corrected chi connectivity index (χ3v) is 4.32. The summed E-state index contributed by atoms with van der Waals surface area (Å²) in [6, 6.07) is 6.76. The smallest absolute Gasteiger partial charge is 0.336 e. The maximum absolute atomic E-state index is 11.9. The van der Waals surface area contributed by atoms with Crippen molar-refractivity contribution >= 4 is 21.9 Å². The van der Waals surface area contributed by atoms with Gasteiger partial charge < -0.3 is 9.47 Å². The minimum Gasteiger partial charge on any atom is -0.359 e. The minimum atomic E-state index is -3.88. The summed E-state index contributed by atoms with van der Waals surface area (Å²) in [5.41, 5.74) is 0.633. The fraction of sp³-hybridized carbons (Fsp3) is 0.571. The van der Waals surface area contributed by atoms with E-state index in [2.05, 4.69) is 4.72 Å². The quantitative estimate of drug-likeness (QED) is 0.692. The number of hydrogen-bond acceptors (Lipinski definition) is 5. The zero-order valence-corrected chi connectivity index (χ0v) is 14.6. The average molecular weight is 352 g/mol. The fourth-order valence-corrected chi connectivity index (χ4v) is 3.27. The van der Waals surface area contributed by atoms with Crippen molar-refractivity contribution in [3.63, 3.8) is 0 Å². The van der Waals surface area contributed by atoms with E-state index < -0.39 is 22.5 Å². The largest absolute Gasteiger partial charge is 0.359 e. The van der Waals surface area contributed by atoms with Gasteiger partial charge in [-0.05, 0) is 26.8 Å². The summed E-state index contributed by atoms with van der Waals surface area (Å²) in [5.74, 6) is 0. The highest BCUT2D eigenvalue weighted by atomic mass is 35.5. The maximum atomic E-state index is 11.9. The zero-order chi connectivity index (χ0) is 16.8. The molecule has 0 heterocycles. The van der Waals surface area contributed by atoms with Gasteiger partial charge in [-0.2, -0.15) is 13.1 Å². The molecule has 1 aromatic carbocycles. The summed E-state index contributed by atoms with van der Waals surface area (Å²) in [6.07, 6.45) is -1.47. The van der Waals surface area contributed by atoms with Crippen molar-refractivity contribution in [2.24, 2.45) is 0 Å². The molecule has 0 radical (unpaired) electrons. The molecular formula is C14H22ClNO5S. The van der Waals surface area contributed by atoms with E-state index in [1.165, 1.54) is 7.11 Å². The lowest BCUT2D eigenvalue weighted by Crippen LogP contribution is -2.36. The molecule has 0 aliphatic rings. The van der Waals surface area contributed by atoms with Gasteiger partial charge in [0.05, 0.1) is 0 Å². The first-order valence-electron chi connectivity index (χ1n) is 6.82. The second-order valence-corrected chi connectivity index (χ2v) is 6.79. The second-order valence-electron chi connectivity index (χ2n) is 5.04. The highest BCUT2D eigenvalue weighted by Gasteiger charge is 2.28. The Morgan fingerprint density at radius 3 is 2.41 bits per heavy atom. The lowest BCUT2D eigenvalue weighted by molar-refractivity contribution is -0.104. The van der Waals surface area contributed by atoms with Crippen LogP contribution in [0.4, 0.5) is 0 Å². The molecule has 0 aromatic heterocycles. The number of halogens is 1. The van der Waals surface area contributed by atoms with Gasteiger partial charge in [0.1, 0.15) is 19.0 Å². The van der Waals surface area contributed by atoms with E-state index in [0.29, 0.717) is 10.6 Å². The first-order valence-corrected chi connectivity index (χ1v) is 8.61. The molecule has 0 aliphatic heterocycles.